The highest BCUT2D eigenvalue weighted by Crippen LogP contribution is 2.26. The number of amides is 3. The van der Waals surface area contributed by atoms with Gasteiger partial charge in [-0.25, -0.2) is 9.48 Å². The van der Waals surface area contributed by atoms with Crippen LogP contribution in [0.3, 0.4) is 0 Å². The normalized spacial score (nSPS) is 17.6. The van der Waals surface area contributed by atoms with Gasteiger partial charge in [0.15, 0.2) is 0 Å². The summed E-state index contributed by atoms with van der Waals surface area (Å²) in [5.74, 6) is 0.826. The number of anilines is 2. The van der Waals surface area contributed by atoms with Gasteiger partial charge >= 0.3 is 6.03 Å². The number of carbonyl (C=O) groups is 2. The monoisotopic (exact) mass is 426 g/mol. The fraction of sp³-hybridized carbons (Fsp3) is 0.500. The number of likely N-dealkylation sites (tertiary alicyclic amines) is 1. The Balaban J connectivity index is 1.27. The summed E-state index contributed by atoms with van der Waals surface area (Å²) in [5, 5.41) is 12.1. The lowest BCUT2D eigenvalue weighted by Crippen LogP contribution is -2.40. The molecule has 0 unspecified atom stereocenters. The topological polar surface area (TPSA) is 91.7 Å². The fourth-order valence-electron chi connectivity index (χ4n) is 4.10. The van der Waals surface area contributed by atoms with Crippen molar-refractivity contribution in [2.75, 3.05) is 43.4 Å². The number of para-hydroxylation sites is 1. The van der Waals surface area contributed by atoms with E-state index in [1.54, 1.807) is 12.3 Å². The SMILES string of the molecule is Cc1ccccc1NC(=O)Nc1ccnn1C1CCN(C(=O)CCN2CCCO2)CC1. The molecule has 4 rings (SSSR count). The highest BCUT2D eigenvalue weighted by molar-refractivity contribution is 5.99. The minimum atomic E-state index is -0.298. The third kappa shape index (κ3) is 5.42. The van der Waals surface area contributed by atoms with Gasteiger partial charge in [-0.2, -0.15) is 10.2 Å². The number of urea groups is 1. The molecular weight excluding hydrogens is 396 g/mol. The van der Waals surface area contributed by atoms with E-state index in [-0.39, 0.29) is 18.0 Å². The summed E-state index contributed by atoms with van der Waals surface area (Å²) >= 11 is 0. The van der Waals surface area contributed by atoms with Crippen LogP contribution >= 0.6 is 0 Å². The van der Waals surface area contributed by atoms with E-state index >= 15 is 0 Å². The molecule has 2 fully saturated rings. The third-order valence-corrected chi connectivity index (χ3v) is 5.87. The summed E-state index contributed by atoms with van der Waals surface area (Å²) in [6, 6.07) is 9.29. The molecule has 1 aromatic heterocycles. The van der Waals surface area contributed by atoms with Crippen molar-refractivity contribution in [3.63, 3.8) is 0 Å². The quantitative estimate of drug-likeness (QED) is 0.741. The zero-order valence-corrected chi connectivity index (χ0v) is 17.9. The smallest absolute Gasteiger partial charge is 0.324 e. The van der Waals surface area contributed by atoms with Crippen LogP contribution in [-0.2, 0) is 9.63 Å². The number of benzene rings is 1. The molecule has 0 spiro atoms. The van der Waals surface area contributed by atoms with Gasteiger partial charge in [0, 0.05) is 44.4 Å². The molecule has 0 saturated carbocycles. The number of nitrogens with zero attached hydrogens (tertiary/aromatic N) is 4. The Morgan fingerprint density at radius 1 is 1.13 bits per heavy atom. The maximum Gasteiger partial charge on any atom is 0.324 e. The van der Waals surface area contributed by atoms with E-state index in [0.29, 0.717) is 31.9 Å². The Morgan fingerprint density at radius 2 is 1.94 bits per heavy atom. The molecular formula is C22H30N6O3. The highest BCUT2D eigenvalue weighted by Gasteiger charge is 2.26. The van der Waals surface area contributed by atoms with Crippen molar-refractivity contribution >= 4 is 23.4 Å². The number of hydrogen-bond acceptors (Lipinski definition) is 5. The lowest BCUT2D eigenvalue weighted by Gasteiger charge is -2.33. The average molecular weight is 427 g/mol. The van der Waals surface area contributed by atoms with Gasteiger partial charge < -0.3 is 10.2 Å². The molecule has 9 nitrogen and oxygen atoms in total. The second-order valence-electron chi connectivity index (χ2n) is 8.03. The van der Waals surface area contributed by atoms with Crippen LogP contribution in [0.5, 0.6) is 0 Å². The summed E-state index contributed by atoms with van der Waals surface area (Å²) in [7, 11) is 0. The van der Waals surface area contributed by atoms with Crippen molar-refractivity contribution < 1.29 is 14.4 Å². The summed E-state index contributed by atoms with van der Waals surface area (Å²) in [5.41, 5.74) is 1.77. The molecule has 2 aromatic rings. The number of aromatic nitrogens is 2. The van der Waals surface area contributed by atoms with Crippen molar-refractivity contribution in [3.8, 4) is 0 Å². The van der Waals surface area contributed by atoms with Gasteiger partial charge in [-0.1, -0.05) is 18.2 Å². The Kier molecular flexibility index (Phi) is 6.83. The second kappa shape index (κ2) is 9.93. The summed E-state index contributed by atoms with van der Waals surface area (Å²) in [6.07, 6.45) is 4.82. The Hall–Kier alpha value is -2.91. The van der Waals surface area contributed by atoms with Gasteiger partial charge in [-0.05, 0) is 37.8 Å². The highest BCUT2D eigenvalue weighted by atomic mass is 16.7. The average Bonchev–Trinajstić information content (AvgIpc) is 3.46. The zero-order valence-electron chi connectivity index (χ0n) is 17.9. The molecule has 166 valence electrons. The standard InChI is InChI=1S/C22H30N6O3/c1-17-5-2-3-6-19(17)24-22(30)25-20-7-11-23-28(20)18-8-13-26(14-9-18)21(29)10-15-27-12-4-16-31-27/h2-3,5-7,11,18H,4,8-10,12-16H2,1H3,(H2,24,25,30). The number of rotatable bonds is 6. The van der Waals surface area contributed by atoms with Crippen molar-refractivity contribution in [2.45, 2.75) is 38.6 Å². The molecule has 3 heterocycles. The Morgan fingerprint density at radius 3 is 2.68 bits per heavy atom. The van der Waals surface area contributed by atoms with Gasteiger partial charge in [0.2, 0.25) is 5.91 Å². The minimum absolute atomic E-state index is 0.148. The molecule has 31 heavy (non-hydrogen) atoms. The van der Waals surface area contributed by atoms with Crippen LogP contribution in [0, 0.1) is 6.92 Å². The summed E-state index contributed by atoms with van der Waals surface area (Å²) < 4.78 is 1.86. The van der Waals surface area contributed by atoms with Gasteiger partial charge in [0.25, 0.3) is 0 Å². The number of hydroxylamine groups is 2. The van der Waals surface area contributed by atoms with E-state index in [1.165, 1.54) is 0 Å². The van der Waals surface area contributed by atoms with Gasteiger partial charge in [-0.3, -0.25) is 14.9 Å². The minimum Gasteiger partial charge on any atom is -0.342 e. The first-order valence-electron chi connectivity index (χ1n) is 10.9. The predicted molar refractivity (Wildman–Crippen MR) is 118 cm³/mol. The first-order chi connectivity index (χ1) is 15.1. The van der Waals surface area contributed by atoms with Crippen LogP contribution in [0.15, 0.2) is 36.5 Å². The third-order valence-electron chi connectivity index (χ3n) is 5.87. The first-order valence-corrected chi connectivity index (χ1v) is 10.9. The summed E-state index contributed by atoms with van der Waals surface area (Å²) in [4.78, 5) is 32.4. The van der Waals surface area contributed by atoms with Crippen LogP contribution in [0.25, 0.3) is 0 Å². The van der Waals surface area contributed by atoms with Crippen molar-refractivity contribution in [1.29, 1.82) is 0 Å². The Bertz CT molecular complexity index is 900. The van der Waals surface area contributed by atoms with Crippen LogP contribution < -0.4 is 10.6 Å². The van der Waals surface area contributed by atoms with E-state index in [4.69, 9.17) is 4.84 Å². The van der Waals surface area contributed by atoms with Crippen molar-refractivity contribution in [3.05, 3.63) is 42.1 Å². The van der Waals surface area contributed by atoms with Gasteiger partial charge in [0.1, 0.15) is 5.82 Å². The van der Waals surface area contributed by atoms with E-state index in [2.05, 4.69) is 15.7 Å². The largest absolute Gasteiger partial charge is 0.342 e. The molecule has 0 aliphatic carbocycles. The van der Waals surface area contributed by atoms with E-state index in [1.807, 2.05) is 45.8 Å². The molecule has 0 atom stereocenters. The van der Waals surface area contributed by atoms with Gasteiger partial charge in [0.05, 0.1) is 18.8 Å². The zero-order chi connectivity index (χ0) is 21.6. The van der Waals surface area contributed by atoms with Crippen LogP contribution in [0.2, 0.25) is 0 Å². The summed E-state index contributed by atoms with van der Waals surface area (Å²) in [6.45, 7) is 5.65. The molecule has 2 N–H and O–H groups in total. The fourth-order valence-corrected chi connectivity index (χ4v) is 4.10. The molecule has 2 saturated heterocycles. The number of piperidine rings is 1. The van der Waals surface area contributed by atoms with E-state index < -0.39 is 0 Å². The van der Waals surface area contributed by atoms with Crippen LogP contribution in [-0.4, -0.2) is 64.5 Å². The number of carbonyl (C=O) groups excluding carboxylic acids is 2. The number of aryl methyl sites for hydroxylation is 1. The molecule has 9 heteroatoms. The van der Waals surface area contributed by atoms with Crippen molar-refractivity contribution in [1.82, 2.24) is 19.7 Å². The molecule has 3 amide bonds. The lowest BCUT2D eigenvalue weighted by molar-refractivity contribution is -0.139. The molecule has 1 aromatic carbocycles. The predicted octanol–water partition coefficient (Wildman–Crippen LogP) is 3.03. The van der Waals surface area contributed by atoms with Gasteiger partial charge in [-0.15, -0.1) is 0 Å². The first kappa shape index (κ1) is 21.3. The lowest BCUT2D eigenvalue weighted by atomic mass is 10.0. The molecule has 2 aliphatic heterocycles. The van der Waals surface area contributed by atoms with E-state index in [9.17, 15) is 9.59 Å². The van der Waals surface area contributed by atoms with Crippen molar-refractivity contribution in [2.24, 2.45) is 0 Å². The maximum absolute atomic E-state index is 12.5. The molecule has 2 aliphatic rings. The van der Waals surface area contributed by atoms with E-state index in [0.717, 1.165) is 43.7 Å². The molecule has 0 radical (unpaired) electrons. The Labute approximate surface area is 182 Å². The molecule has 0 bridgehead atoms. The second-order valence-corrected chi connectivity index (χ2v) is 8.03. The number of hydrogen-bond donors (Lipinski definition) is 2. The van der Waals surface area contributed by atoms with Crippen LogP contribution in [0.4, 0.5) is 16.3 Å². The maximum atomic E-state index is 12.5. The van der Waals surface area contributed by atoms with Crippen LogP contribution in [0.1, 0.15) is 37.3 Å². The number of nitrogens with one attached hydrogen (secondary N) is 2.